The third-order valence-electron chi connectivity index (χ3n) is 4.86. The maximum absolute atomic E-state index is 13.1. The average molecular weight is 422 g/mol. The number of benzene rings is 1. The summed E-state index contributed by atoms with van der Waals surface area (Å²) in [6, 6.07) is 4.78. The number of halogens is 2. The summed E-state index contributed by atoms with van der Waals surface area (Å²) in [6.07, 6.45) is 1.40. The molecule has 2 fully saturated rings. The SMILES string of the molecule is Cl.NC[C@H]1CC[C@@H](C(=O)N2CCCN(S(=O)(=O)c3ccc(F)cc3)CC2)O1. The van der Waals surface area contributed by atoms with Gasteiger partial charge >= 0.3 is 0 Å². The lowest BCUT2D eigenvalue weighted by Crippen LogP contribution is -2.42. The zero-order chi connectivity index (χ0) is 18.7. The Morgan fingerprint density at radius 2 is 1.85 bits per heavy atom. The highest BCUT2D eigenvalue weighted by atomic mass is 35.5. The highest BCUT2D eigenvalue weighted by Gasteiger charge is 2.35. The maximum Gasteiger partial charge on any atom is 0.251 e. The predicted octanol–water partition coefficient (Wildman–Crippen LogP) is 0.977. The van der Waals surface area contributed by atoms with Crippen LogP contribution in [0.15, 0.2) is 29.2 Å². The average Bonchev–Trinajstić information content (AvgIpc) is 2.97. The molecule has 0 bridgehead atoms. The van der Waals surface area contributed by atoms with Gasteiger partial charge in [-0.1, -0.05) is 0 Å². The molecule has 0 saturated carbocycles. The molecule has 2 heterocycles. The van der Waals surface area contributed by atoms with Gasteiger partial charge in [0.1, 0.15) is 11.9 Å². The third kappa shape index (κ3) is 4.97. The van der Waals surface area contributed by atoms with E-state index >= 15 is 0 Å². The van der Waals surface area contributed by atoms with E-state index in [4.69, 9.17) is 10.5 Å². The van der Waals surface area contributed by atoms with Gasteiger partial charge in [0.25, 0.3) is 5.91 Å². The Bertz CT molecular complexity index is 747. The third-order valence-corrected chi connectivity index (χ3v) is 6.78. The Kier molecular flexibility index (Phi) is 7.58. The van der Waals surface area contributed by atoms with Crippen molar-refractivity contribution in [1.29, 1.82) is 0 Å². The van der Waals surface area contributed by atoms with Crippen molar-refractivity contribution in [3.63, 3.8) is 0 Å². The maximum atomic E-state index is 13.1. The number of nitrogens with zero attached hydrogens (tertiary/aromatic N) is 2. The minimum Gasteiger partial charge on any atom is -0.364 e. The summed E-state index contributed by atoms with van der Waals surface area (Å²) in [6.45, 7) is 1.72. The summed E-state index contributed by atoms with van der Waals surface area (Å²) in [5.41, 5.74) is 5.58. The van der Waals surface area contributed by atoms with Crippen molar-refractivity contribution >= 4 is 28.3 Å². The topological polar surface area (TPSA) is 92.9 Å². The normalized spacial score (nSPS) is 24.3. The highest BCUT2D eigenvalue weighted by molar-refractivity contribution is 7.89. The first-order valence-electron chi connectivity index (χ1n) is 8.82. The van der Waals surface area contributed by atoms with Crippen molar-refractivity contribution < 1.29 is 22.3 Å². The molecular formula is C17H25ClFN3O4S. The molecule has 1 aromatic carbocycles. The van der Waals surface area contributed by atoms with Crippen LogP contribution in [0.5, 0.6) is 0 Å². The van der Waals surface area contributed by atoms with Crippen LogP contribution >= 0.6 is 12.4 Å². The minimum absolute atomic E-state index is 0. The van der Waals surface area contributed by atoms with Gasteiger partial charge < -0.3 is 15.4 Å². The second kappa shape index (κ2) is 9.29. The molecule has 0 unspecified atom stereocenters. The van der Waals surface area contributed by atoms with Gasteiger partial charge in [-0.15, -0.1) is 12.4 Å². The number of hydrogen-bond donors (Lipinski definition) is 1. The van der Waals surface area contributed by atoms with Crippen molar-refractivity contribution in [3.05, 3.63) is 30.1 Å². The largest absolute Gasteiger partial charge is 0.364 e. The van der Waals surface area contributed by atoms with Gasteiger partial charge in [-0.25, -0.2) is 12.8 Å². The second-order valence-corrected chi connectivity index (χ2v) is 8.53. The van der Waals surface area contributed by atoms with Crippen LogP contribution in [0, 0.1) is 5.82 Å². The van der Waals surface area contributed by atoms with Crippen LogP contribution in [-0.2, 0) is 19.6 Å². The molecule has 2 aliphatic heterocycles. The number of sulfonamides is 1. The lowest BCUT2D eigenvalue weighted by molar-refractivity contribution is -0.142. The van der Waals surface area contributed by atoms with Gasteiger partial charge in [0.2, 0.25) is 10.0 Å². The summed E-state index contributed by atoms with van der Waals surface area (Å²) < 4.78 is 45.5. The summed E-state index contributed by atoms with van der Waals surface area (Å²) in [5.74, 6) is -0.578. The number of nitrogens with two attached hydrogens (primary N) is 1. The number of ether oxygens (including phenoxy) is 1. The number of hydrogen-bond acceptors (Lipinski definition) is 5. The molecular weight excluding hydrogens is 397 g/mol. The quantitative estimate of drug-likeness (QED) is 0.782. The van der Waals surface area contributed by atoms with Crippen LogP contribution in [0.4, 0.5) is 4.39 Å². The number of rotatable bonds is 4. The van der Waals surface area contributed by atoms with Crippen LogP contribution in [-0.4, -0.2) is 68.5 Å². The summed E-state index contributed by atoms with van der Waals surface area (Å²) >= 11 is 0. The van der Waals surface area contributed by atoms with Crippen LogP contribution in [0.25, 0.3) is 0 Å². The van der Waals surface area contributed by atoms with E-state index in [0.717, 1.165) is 18.6 Å². The van der Waals surface area contributed by atoms with Crippen LogP contribution in [0.2, 0.25) is 0 Å². The molecule has 2 N–H and O–H groups in total. The fraction of sp³-hybridized carbons (Fsp3) is 0.588. The molecule has 3 rings (SSSR count). The van der Waals surface area contributed by atoms with E-state index < -0.39 is 21.9 Å². The molecule has 0 aromatic heterocycles. The molecule has 2 saturated heterocycles. The smallest absolute Gasteiger partial charge is 0.251 e. The summed E-state index contributed by atoms with van der Waals surface area (Å²) in [4.78, 5) is 14.4. The molecule has 0 radical (unpaired) electrons. The number of carbonyl (C=O) groups is 1. The Morgan fingerprint density at radius 3 is 2.48 bits per heavy atom. The Morgan fingerprint density at radius 1 is 1.15 bits per heavy atom. The zero-order valence-corrected chi connectivity index (χ0v) is 16.6. The van der Waals surface area contributed by atoms with Crippen molar-refractivity contribution in [2.75, 3.05) is 32.7 Å². The molecule has 2 aliphatic rings. The van der Waals surface area contributed by atoms with Crippen LogP contribution in [0.1, 0.15) is 19.3 Å². The second-order valence-electron chi connectivity index (χ2n) is 6.60. The minimum atomic E-state index is -3.70. The van der Waals surface area contributed by atoms with Crippen molar-refractivity contribution in [3.8, 4) is 0 Å². The fourth-order valence-corrected chi connectivity index (χ4v) is 4.84. The van der Waals surface area contributed by atoms with Crippen molar-refractivity contribution in [2.24, 2.45) is 5.73 Å². The molecule has 0 aliphatic carbocycles. The van der Waals surface area contributed by atoms with Crippen LogP contribution < -0.4 is 5.73 Å². The first-order chi connectivity index (χ1) is 12.4. The van der Waals surface area contributed by atoms with Gasteiger partial charge in [-0.3, -0.25) is 4.79 Å². The summed E-state index contributed by atoms with van der Waals surface area (Å²) in [7, 11) is -3.70. The molecule has 0 spiro atoms. The van der Waals surface area contributed by atoms with Crippen molar-refractivity contribution in [2.45, 2.75) is 36.4 Å². The molecule has 27 heavy (non-hydrogen) atoms. The zero-order valence-electron chi connectivity index (χ0n) is 14.9. The molecule has 2 atom stereocenters. The lowest BCUT2D eigenvalue weighted by Gasteiger charge is -2.24. The van der Waals surface area contributed by atoms with Gasteiger partial charge in [0.05, 0.1) is 11.0 Å². The van der Waals surface area contributed by atoms with E-state index in [-0.39, 0.29) is 35.9 Å². The standard InChI is InChI=1S/C17H24FN3O4S.ClH/c18-13-2-5-15(6-3-13)26(23,24)21-9-1-8-20(10-11-21)17(22)16-7-4-14(12-19)25-16;/h2-3,5-6,14,16H,1,4,7-12,19H2;1H/t14-,16+;/m1./s1. The summed E-state index contributed by atoms with van der Waals surface area (Å²) in [5, 5.41) is 0. The fourth-order valence-electron chi connectivity index (χ4n) is 3.37. The monoisotopic (exact) mass is 421 g/mol. The van der Waals surface area contributed by atoms with E-state index in [1.807, 2.05) is 0 Å². The molecule has 152 valence electrons. The molecule has 1 amide bonds. The van der Waals surface area contributed by atoms with E-state index in [0.29, 0.717) is 39.0 Å². The molecule has 7 nitrogen and oxygen atoms in total. The van der Waals surface area contributed by atoms with Gasteiger partial charge in [0.15, 0.2) is 0 Å². The van der Waals surface area contributed by atoms with Gasteiger partial charge in [-0.05, 0) is 43.5 Å². The number of carbonyl (C=O) groups excluding carboxylic acids is 1. The first-order valence-corrected chi connectivity index (χ1v) is 10.3. The predicted molar refractivity (Wildman–Crippen MR) is 101 cm³/mol. The van der Waals surface area contributed by atoms with Gasteiger partial charge in [0, 0.05) is 32.7 Å². The molecule has 1 aromatic rings. The van der Waals surface area contributed by atoms with E-state index in [9.17, 15) is 17.6 Å². The first kappa shape index (κ1) is 22.0. The Labute approximate surface area is 165 Å². The van der Waals surface area contributed by atoms with E-state index in [1.54, 1.807) is 4.90 Å². The highest BCUT2D eigenvalue weighted by Crippen LogP contribution is 2.23. The lowest BCUT2D eigenvalue weighted by atomic mass is 10.2. The Hall–Kier alpha value is -1.26. The van der Waals surface area contributed by atoms with Crippen LogP contribution in [0.3, 0.4) is 0 Å². The van der Waals surface area contributed by atoms with E-state index in [2.05, 4.69) is 0 Å². The van der Waals surface area contributed by atoms with Gasteiger partial charge in [-0.2, -0.15) is 4.31 Å². The van der Waals surface area contributed by atoms with Crippen molar-refractivity contribution in [1.82, 2.24) is 9.21 Å². The molecule has 10 heteroatoms. The number of amides is 1. The Balaban J connectivity index is 0.00000261. The van der Waals surface area contributed by atoms with E-state index in [1.165, 1.54) is 16.4 Å².